The lowest BCUT2D eigenvalue weighted by atomic mass is 9.89. The van der Waals surface area contributed by atoms with Gasteiger partial charge in [0.2, 0.25) is 5.91 Å². The van der Waals surface area contributed by atoms with E-state index in [0.29, 0.717) is 0 Å². The first kappa shape index (κ1) is 15.3. The third-order valence-electron chi connectivity index (χ3n) is 4.38. The van der Waals surface area contributed by atoms with Gasteiger partial charge < -0.3 is 10.6 Å². The van der Waals surface area contributed by atoms with Gasteiger partial charge in [0.1, 0.15) is 0 Å². The molecule has 4 heteroatoms. The Hall–Kier alpha value is -1.06. The number of hydrogen-bond donors (Lipinski definition) is 2. The number of amides is 1. The molecular weight excluding hydrogens is 272 g/mol. The normalized spacial score (nSPS) is 19.2. The minimum atomic E-state index is 0. The van der Waals surface area contributed by atoms with Crippen LogP contribution in [0.4, 0.5) is 0 Å². The summed E-state index contributed by atoms with van der Waals surface area (Å²) in [7, 11) is 0. The number of carbonyl (C=O) groups excluding carboxylic acids is 1. The van der Waals surface area contributed by atoms with Crippen molar-refractivity contribution in [2.45, 2.75) is 38.6 Å². The van der Waals surface area contributed by atoms with Gasteiger partial charge in [0.15, 0.2) is 0 Å². The van der Waals surface area contributed by atoms with E-state index in [4.69, 9.17) is 0 Å². The molecule has 0 saturated carbocycles. The van der Waals surface area contributed by atoms with Gasteiger partial charge in [0.05, 0.1) is 12.0 Å². The number of benzene rings is 1. The van der Waals surface area contributed by atoms with Crippen molar-refractivity contribution in [1.29, 1.82) is 0 Å². The zero-order valence-electron chi connectivity index (χ0n) is 11.9. The predicted molar refractivity (Wildman–Crippen MR) is 83.2 cm³/mol. The monoisotopic (exact) mass is 294 g/mol. The molecule has 1 atom stereocenters. The first-order chi connectivity index (χ1) is 9.24. The van der Waals surface area contributed by atoms with Gasteiger partial charge in [-0.25, -0.2) is 0 Å². The van der Waals surface area contributed by atoms with Crippen LogP contribution in [0.15, 0.2) is 18.2 Å². The molecule has 1 unspecified atom stereocenters. The van der Waals surface area contributed by atoms with Crippen molar-refractivity contribution in [3.8, 4) is 0 Å². The maximum atomic E-state index is 11.9. The highest BCUT2D eigenvalue weighted by atomic mass is 35.5. The molecule has 1 aliphatic heterocycles. The molecule has 2 N–H and O–H groups in total. The summed E-state index contributed by atoms with van der Waals surface area (Å²) in [5.41, 5.74) is 4.22. The number of rotatable bonds is 3. The lowest BCUT2D eigenvalue weighted by Gasteiger charge is -2.28. The predicted octanol–water partition coefficient (Wildman–Crippen LogP) is 2.38. The Morgan fingerprint density at radius 1 is 1.25 bits per heavy atom. The minimum Gasteiger partial charge on any atom is -0.349 e. The van der Waals surface area contributed by atoms with Crippen molar-refractivity contribution in [3.63, 3.8) is 0 Å². The second-order valence-electron chi connectivity index (χ2n) is 5.82. The fourth-order valence-electron chi connectivity index (χ4n) is 2.91. The van der Waals surface area contributed by atoms with Gasteiger partial charge in [-0.1, -0.05) is 18.2 Å². The molecule has 1 heterocycles. The zero-order chi connectivity index (χ0) is 13.2. The van der Waals surface area contributed by atoms with E-state index >= 15 is 0 Å². The van der Waals surface area contributed by atoms with E-state index in [-0.39, 0.29) is 30.3 Å². The van der Waals surface area contributed by atoms with Crippen LogP contribution in [0, 0.1) is 5.92 Å². The second kappa shape index (κ2) is 6.59. The molecule has 1 saturated heterocycles. The summed E-state index contributed by atoms with van der Waals surface area (Å²) in [6.07, 6.45) is 5.01. The van der Waals surface area contributed by atoms with Crippen LogP contribution in [0.25, 0.3) is 0 Å². The van der Waals surface area contributed by atoms with Crippen molar-refractivity contribution in [3.05, 3.63) is 34.9 Å². The fraction of sp³-hybridized carbons (Fsp3) is 0.562. The van der Waals surface area contributed by atoms with Crippen LogP contribution in [0.2, 0.25) is 0 Å². The third kappa shape index (κ3) is 3.15. The number of hydrogen-bond acceptors (Lipinski definition) is 2. The third-order valence-corrected chi connectivity index (χ3v) is 4.38. The molecule has 20 heavy (non-hydrogen) atoms. The van der Waals surface area contributed by atoms with Crippen LogP contribution in [-0.4, -0.2) is 19.0 Å². The summed E-state index contributed by atoms with van der Waals surface area (Å²) < 4.78 is 0. The van der Waals surface area contributed by atoms with E-state index in [9.17, 15) is 4.79 Å². The van der Waals surface area contributed by atoms with E-state index in [0.717, 1.165) is 13.1 Å². The Bertz CT molecular complexity index is 485. The topological polar surface area (TPSA) is 41.1 Å². The molecule has 1 aromatic carbocycles. The first-order valence-corrected chi connectivity index (χ1v) is 7.37. The van der Waals surface area contributed by atoms with Crippen LogP contribution < -0.4 is 10.6 Å². The van der Waals surface area contributed by atoms with Crippen molar-refractivity contribution in [2.24, 2.45) is 5.92 Å². The second-order valence-corrected chi connectivity index (χ2v) is 5.82. The highest BCUT2D eigenvalue weighted by Crippen LogP contribution is 2.25. The van der Waals surface area contributed by atoms with Crippen LogP contribution in [-0.2, 0) is 17.6 Å². The Morgan fingerprint density at radius 2 is 1.95 bits per heavy atom. The van der Waals surface area contributed by atoms with E-state index in [2.05, 4.69) is 35.8 Å². The average molecular weight is 295 g/mol. The molecule has 0 spiro atoms. The van der Waals surface area contributed by atoms with Crippen LogP contribution in [0.1, 0.15) is 42.5 Å². The summed E-state index contributed by atoms with van der Waals surface area (Å²) in [4.78, 5) is 11.9. The van der Waals surface area contributed by atoms with Crippen molar-refractivity contribution in [2.75, 3.05) is 13.1 Å². The van der Waals surface area contributed by atoms with E-state index in [1.807, 2.05) is 0 Å². The molecule has 2 aliphatic rings. The molecule has 0 bridgehead atoms. The highest BCUT2D eigenvalue weighted by Gasteiger charge is 2.26. The highest BCUT2D eigenvalue weighted by molar-refractivity contribution is 5.85. The molecule has 0 radical (unpaired) electrons. The number of nitrogens with one attached hydrogen (secondary N) is 2. The molecular formula is C16H23ClN2O. The summed E-state index contributed by atoms with van der Waals surface area (Å²) in [5.74, 6) is 0.351. The van der Waals surface area contributed by atoms with Gasteiger partial charge in [-0.2, -0.15) is 0 Å². The number of aryl methyl sites for hydroxylation is 2. The zero-order valence-corrected chi connectivity index (χ0v) is 12.8. The molecule has 1 fully saturated rings. The van der Waals surface area contributed by atoms with Gasteiger partial charge in [-0.05, 0) is 49.3 Å². The lowest BCUT2D eigenvalue weighted by molar-refractivity contribution is -0.127. The van der Waals surface area contributed by atoms with Crippen molar-refractivity contribution in [1.82, 2.24) is 10.6 Å². The van der Waals surface area contributed by atoms with Gasteiger partial charge >= 0.3 is 0 Å². The van der Waals surface area contributed by atoms with Crippen LogP contribution in [0.3, 0.4) is 0 Å². The molecule has 0 aromatic heterocycles. The minimum absolute atomic E-state index is 0. The standard InChI is InChI=1S/C16H22N2O.ClH/c1-11(18-16(19)15-9-17-10-15)13-7-6-12-4-2-3-5-14(12)8-13;/h6-8,11,15,17H,2-5,9-10H2,1H3,(H,18,19);1H. The summed E-state index contributed by atoms with van der Waals surface area (Å²) >= 11 is 0. The number of halogens is 1. The molecule has 110 valence electrons. The Morgan fingerprint density at radius 3 is 2.60 bits per heavy atom. The van der Waals surface area contributed by atoms with Gasteiger partial charge in [0, 0.05) is 13.1 Å². The van der Waals surface area contributed by atoms with Crippen molar-refractivity contribution >= 4 is 18.3 Å². The van der Waals surface area contributed by atoms with E-state index < -0.39 is 0 Å². The van der Waals surface area contributed by atoms with Gasteiger partial charge in [0.25, 0.3) is 0 Å². The quantitative estimate of drug-likeness (QED) is 0.899. The SMILES string of the molecule is CC(NC(=O)C1CNC1)c1ccc2c(c1)CCCC2.Cl. The number of fused-ring (bicyclic) bond motifs is 1. The Labute approximate surface area is 126 Å². The summed E-state index contributed by atoms with van der Waals surface area (Å²) in [5, 5.41) is 6.26. The Kier molecular flexibility index (Phi) is 5.06. The van der Waals surface area contributed by atoms with E-state index in [1.165, 1.54) is 42.4 Å². The average Bonchev–Trinajstić information content (AvgIpc) is 2.36. The smallest absolute Gasteiger partial charge is 0.226 e. The first-order valence-electron chi connectivity index (χ1n) is 7.37. The maximum absolute atomic E-state index is 11.9. The summed E-state index contributed by atoms with van der Waals surface area (Å²) in [6.45, 7) is 3.72. The Balaban J connectivity index is 0.00000147. The van der Waals surface area contributed by atoms with Crippen LogP contribution >= 0.6 is 12.4 Å². The maximum Gasteiger partial charge on any atom is 0.226 e. The molecule has 1 amide bonds. The van der Waals surface area contributed by atoms with Crippen molar-refractivity contribution < 1.29 is 4.79 Å². The largest absolute Gasteiger partial charge is 0.349 e. The van der Waals surface area contributed by atoms with Gasteiger partial charge in [-0.3, -0.25) is 4.79 Å². The molecule has 3 nitrogen and oxygen atoms in total. The number of carbonyl (C=O) groups is 1. The molecule has 1 aliphatic carbocycles. The summed E-state index contributed by atoms with van der Waals surface area (Å²) in [6, 6.07) is 6.82. The van der Waals surface area contributed by atoms with Gasteiger partial charge in [-0.15, -0.1) is 12.4 Å². The van der Waals surface area contributed by atoms with Crippen LogP contribution in [0.5, 0.6) is 0 Å². The molecule has 1 aromatic rings. The molecule has 3 rings (SSSR count). The lowest BCUT2D eigenvalue weighted by Crippen LogP contribution is -2.51. The van der Waals surface area contributed by atoms with E-state index in [1.54, 1.807) is 0 Å². The fourth-order valence-corrected chi connectivity index (χ4v) is 2.91.